The predicted octanol–water partition coefficient (Wildman–Crippen LogP) is 7.40. The lowest BCUT2D eigenvalue weighted by Crippen LogP contribution is -2.01. The molecule has 1 aromatic heterocycles. The van der Waals surface area contributed by atoms with Gasteiger partial charge >= 0.3 is 0 Å². The molecule has 28 heavy (non-hydrogen) atoms. The second-order valence-corrected chi connectivity index (χ2v) is 7.95. The number of hydrogen-bond acceptors (Lipinski definition) is 2. The monoisotopic (exact) mass is 472 g/mol. The summed E-state index contributed by atoms with van der Waals surface area (Å²) in [5, 5.41) is 6.08. The molecule has 0 bridgehead atoms. The maximum Gasteiger partial charge on any atom is 0.187 e. The Morgan fingerprint density at radius 2 is 1.68 bits per heavy atom. The van der Waals surface area contributed by atoms with Crippen LogP contribution in [0.2, 0.25) is 25.2 Å². The van der Waals surface area contributed by atoms with Gasteiger partial charge in [-0.1, -0.05) is 70.1 Å². The summed E-state index contributed by atoms with van der Waals surface area (Å²) >= 11 is 30.4. The third kappa shape index (κ3) is 4.56. The van der Waals surface area contributed by atoms with Crippen LogP contribution >= 0.6 is 58.0 Å². The number of aromatic nitrogens is 2. The number of benzene rings is 2. The van der Waals surface area contributed by atoms with Gasteiger partial charge in [-0.05, 0) is 48.9 Å². The van der Waals surface area contributed by atoms with Crippen LogP contribution in [0, 0.1) is 6.92 Å². The van der Waals surface area contributed by atoms with Crippen molar-refractivity contribution in [3.63, 3.8) is 0 Å². The lowest BCUT2D eigenvalue weighted by Gasteiger charge is -2.04. The predicted molar refractivity (Wildman–Crippen MR) is 117 cm³/mol. The van der Waals surface area contributed by atoms with Crippen LogP contribution in [0.4, 0.5) is 0 Å². The van der Waals surface area contributed by atoms with E-state index in [9.17, 15) is 4.79 Å². The molecule has 0 saturated carbocycles. The van der Waals surface area contributed by atoms with Crippen LogP contribution in [0.15, 0.2) is 42.5 Å². The Bertz CT molecular complexity index is 1070. The van der Waals surface area contributed by atoms with Gasteiger partial charge in [0.1, 0.15) is 5.15 Å². The molecule has 0 radical (unpaired) electrons. The smallest absolute Gasteiger partial charge is 0.187 e. The van der Waals surface area contributed by atoms with Crippen LogP contribution in [0.25, 0.3) is 6.08 Å². The van der Waals surface area contributed by atoms with E-state index in [1.54, 1.807) is 10.8 Å². The Balaban J connectivity index is 1.84. The Hall–Kier alpha value is -1.49. The average molecular weight is 475 g/mol. The van der Waals surface area contributed by atoms with Crippen molar-refractivity contribution in [1.82, 2.24) is 9.78 Å². The molecule has 2 aromatic carbocycles. The maximum absolute atomic E-state index is 12.5. The highest BCUT2D eigenvalue weighted by Gasteiger charge is 2.15. The third-order valence-electron chi connectivity index (χ3n) is 4.06. The van der Waals surface area contributed by atoms with Crippen LogP contribution in [-0.2, 0) is 6.54 Å². The van der Waals surface area contributed by atoms with Crippen LogP contribution < -0.4 is 0 Å². The van der Waals surface area contributed by atoms with Gasteiger partial charge in [-0.25, -0.2) is 4.68 Å². The molecule has 3 rings (SSSR count). The summed E-state index contributed by atoms with van der Waals surface area (Å²) in [6.07, 6.45) is 3.00. The summed E-state index contributed by atoms with van der Waals surface area (Å²) < 4.78 is 1.66. The number of aryl methyl sites for hydroxylation is 1. The van der Waals surface area contributed by atoms with E-state index in [0.717, 1.165) is 5.56 Å². The van der Waals surface area contributed by atoms with Crippen LogP contribution in [0.3, 0.4) is 0 Å². The summed E-state index contributed by atoms with van der Waals surface area (Å²) in [4.78, 5) is 12.5. The standard InChI is InChI=1S/C20H13Cl5N2O/c1-11-14(7-9-17(28)15-6-8-16(22)19(24)18(15)23)20(25)27(26-11)10-12-2-4-13(21)5-3-12/h2-9H,10H2,1H3/b9-7+. The Morgan fingerprint density at radius 3 is 2.36 bits per heavy atom. The van der Waals surface area contributed by atoms with Gasteiger partial charge in [-0.15, -0.1) is 0 Å². The molecule has 0 amide bonds. The molecule has 0 aliphatic rings. The SMILES string of the molecule is Cc1nn(Cc2ccc(Cl)cc2)c(Cl)c1/C=C/C(=O)c1ccc(Cl)c(Cl)c1Cl. The van der Waals surface area contributed by atoms with Gasteiger partial charge < -0.3 is 0 Å². The first-order valence-corrected chi connectivity index (χ1v) is 10.00. The van der Waals surface area contributed by atoms with Crippen molar-refractivity contribution >= 4 is 69.9 Å². The van der Waals surface area contributed by atoms with Crippen LogP contribution in [0.5, 0.6) is 0 Å². The number of rotatable bonds is 5. The summed E-state index contributed by atoms with van der Waals surface area (Å²) in [7, 11) is 0. The minimum absolute atomic E-state index is 0.116. The van der Waals surface area contributed by atoms with Crippen molar-refractivity contribution in [2.75, 3.05) is 0 Å². The van der Waals surface area contributed by atoms with Crippen molar-refractivity contribution < 1.29 is 4.79 Å². The zero-order chi connectivity index (χ0) is 20.4. The molecule has 0 N–H and O–H groups in total. The molecule has 3 aromatic rings. The number of allylic oxidation sites excluding steroid dienone is 1. The molecule has 0 aliphatic carbocycles. The molecular weight excluding hydrogens is 461 g/mol. The first kappa shape index (κ1) is 21.2. The van der Waals surface area contributed by atoms with E-state index in [1.165, 1.54) is 18.2 Å². The molecule has 8 heteroatoms. The minimum Gasteiger partial charge on any atom is -0.289 e. The second kappa shape index (κ2) is 8.89. The first-order valence-electron chi connectivity index (χ1n) is 8.11. The van der Waals surface area contributed by atoms with E-state index in [4.69, 9.17) is 58.0 Å². The van der Waals surface area contributed by atoms with Gasteiger partial charge in [0.15, 0.2) is 5.78 Å². The largest absolute Gasteiger partial charge is 0.289 e. The number of halogens is 5. The van der Waals surface area contributed by atoms with Gasteiger partial charge in [0.25, 0.3) is 0 Å². The zero-order valence-electron chi connectivity index (χ0n) is 14.5. The van der Waals surface area contributed by atoms with E-state index in [1.807, 2.05) is 31.2 Å². The van der Waals surface area contributed by atoms with Gasteiger partial charge in [0.05, 0.1) is 27.3 Å². The number of carbonyl (C=O) groups excluding carboxylic acids is 1. The van der Waals surface area contributed by atoms with E-state index in [2.05, 4.69) is 5.10 Å². The molecule has 0 fully saturated rings. The number of carbonyl (C=O) groups is 1. The van der Waals surface area contributed by atoms with Crippen LogP contribution in [-0.4, -0.2) is 15.6 Å². The Labute approximate surface area is 187 Å². The topological polar surface area (TPSA) is 34.9 Å². The summed E-state index contributed by atoms with van der Waals surface area (Å²) in [6.45, 7) is 2.30. The first-order chi connectivity index (χ1) is 13.3. The quantitative estimate of drug-likeness (QED) is 0.219. The lowest BCUT2D eigenvalue weighted by atomic mass is 10.1. The van der Waals surface area contributed by atoms with E-state index in [-0.39, 0.29) is 26.4 Å². The molecule has 0 aliphatic heterocycles. The highest BCUT2D eigenvalue weighted by atomic mass is 35.5. The number of hydrogen-bond donors (Lipinski definition) is 0. The number of ketones is 1. The second-order valence-electron chi connectivity index (χ2n) is 5.99. The fraction of sp³-hybridized carbons (Fsp3) is 0.100. The van der Waals surface area contributed by atoms with E-state index >= 15 is 0 Å². The number of nitrogens with zero attached hydrogens (tertiary/aromatic N) is 2. The molecule has 0 saturated heterocycles. The van der Waals surface area contributed by atoms with Gasteiger partial charge in [0, 0.05) is 16.1 Å². The lowest BCUT2D eigenvalue weighted by molar-refractivity contribution is 0.104. The zero-order valence-corrected chi connectivity index (χ0v) is 18.3. The highest BCUT2D eigenvalue weighted by Crippen LogP contribution is 2.33. The van der Waals surface area contributed by atoms with Gasteiger partial charge in [-0.2, -0.15) is 5.10 Å². The van der Waals surface area contributed by atoms with Gasteiger partial charge in [-0.3, -0.25) is 4.79 Å². The fourth-order valence-electron chi connectivity index (χ4n) is 2.59. The molecule has 0 spiro atoms. The van der Waals surface area contributed by atoms with Crippen molar-refractivity contribution in [2.45, 2.75) is 13.5 Å². The van der Waals surface area contributed by atoms with Gasteiger partial charge in [0.2, 0.25) is 0 Å². The van der Waals surface area contributed by atoms with Crippen LogP contribution in [0.1, 0.15) is 27.2 Å². The Morgan fingerprint density at radius 1 is 1.00 bits per heavy atom. The summed E-state index contributed by atoms with van der Waals surface area (Å²) in [6, 6.07) is 10.5. The Kier molecular flexibility index (Phi) is 6.74. The summed E-state index contributed by atoms with van der Waals surface area (Å²) in [5.74, 6) is -0.315. The van der Waals surface area contributed by atoms with Crippen molar-refractivity contribution in [1.29, 1.82) is 0 Å². The molecule has 1 heterocycles. The highest BCUT2D eigenvalue weighted by molar-refractivity contribution is 6.49. The average Bonchev–Trinajstić information content (AvgIpc) is 2.93. The molecular formula is C20H13Cl5N2O. The summed E-state index contributed by atoms with van der Waals surface area (Å²) in [5.41, 5.74) is 2.61. The van der Waals surface area contributed by atoms with Crippen molar-refractivity contribution in [3.8, 4) is 0 Å². The molecule has 0 unspecified atom stereocenters. The molecule has 144 valence electrons. The van der Waals surface area contributed by atoms with Crippen molar-refractivity contribution in [2.24, 2.45) is 0 Å². The minimum atomic E-state index is -0.315. The third-order valence-corrected chi connectivity index (χ3v) is 6.00. The normalized spacial score (nSPS) is 11.4. The fourth-order valence-corrected chi connectivity index (χ4v) is 3.64. The molecule has 3 nitrogen and oxygen atoms in total. The maximum atomic E-state index is 12.5. The van der Waals surface area contributed by atoms with E-state index in [0.29, 0.717) is 28.0 Å². The van der Waals surface area contributed by atoms with E-state index < -0.39 is 0 Å². The van der Waals surface area contributed by atoms with Crippen molar-refractivity contribution in [3.05, 3.63) is 90.1 Å². The molecule has 0 atom stereocenters.